The molecule has 120 valence electrons. The van der Waals surface area contributed by atoms with Gasteiger partial charge in [0.15, 0.2) is 28.8 Å². The molecule has 0 aliphatic rings. The summed E-state index contributed by atoms with van der Waals surface area (Å²) in [6, 6.07) is 3.72. The van der Waals surface area contributed by atoms with Crippen molar-refractivity contribution in [3.05, 3.63) is 35.4 Å². The fourth-order valence-corrected chi connectivity index (χ4v) is 1.82. The highest BCUT2D eigenvalue weighted by Crippen LogP contribution is 2.50. The maximum absolute atomic E-state index is 12.0. The monoisotopic (exact) mass is 320 g/mol. The Kier molecular flexibility index (Phi) is 3.91. The van der Waals surface area contributed by atoms with E-state index < -0.39 is 45.8 Å². The summed E-state index contributed by atoms with van der Waals surface area (Å²) in [7, 11) is 0. The first-order valence-corrected chi connectivity index (χ1v) is 6.17. The lowest BCUT2D eigenvalue weighted by Crippen LogP contribution is -1.97. The Hall–Kier alpha value is -3.55. The normalized spacial score (nSPS) is 11.0. The van der Waals surface area contributed by atoms with Crippen molar-refractivity contribution >= 4 is 11.9 Å². The van der Waals surface area contributed by atoms with Gasteiger partial charge >= 0.3 is 0 Å². The van der Waals surface area contributed by atoms with E-state index in [9.17, 15) is 40.5 Å². The molecule has 0 atom stereocenters. The Morgan fingerprint density at radius 2 is 1.26 bits per heavy atom. The minimum atomic E-state index is -1.16. The number of carbonyl (C=O) groups is 1. The Balaban J connectivity index is 2.42. The van der Waals surface area contributed by atoms with Gasteiger partial charge in [0.25, 0.3) is 0 Å². The summed E-state index contributed by atoms with van der Waals surface area (Å²) in [4.78, 5) is 12.0. The lowest BCUT2D eigenvalue weighted by atomic mass is 10.0. The van der Waals surface area contributed by atoms with Gasteiger partial charge in [0.05, 0.1) is 0 Å². The van der Waals surface area contributed by atoms with E-state index in [1.165, 1.54) is 18.2 Å². The first-order chi connectivity index (χ1) is 10.7. The molecule has 0 aliphatic heterocycles. The summed E-state index contributed by atoms with van der Waals surface area (Å²) < 4.78 is 0. The molecule has 2 aromatic carbocycles. The highest BCUT2D eigenvalue weighted by atomic mass is 16.4. The predicted octanol–water partition coefficient (Wildman–Crippen LogP) is 1.52. The van der Waals surface area contributed by atoms with Crippen LogP contribution in [0.25, 0.3) is 6.08 Å². The van der Waals surface area contributed by atoms with Gasteiger partial charge in [-0.1, -0.05) is 12.1 Å². The zero-order valence-corrected chi connectivity index (χ0v) is 11.4. The lowest BCUT2D eigenvalue weighted by Gasteiger charge is -2.10. The molecule has 0 saturated heterocycles. The molecule has 23 heavy (non-hydrogen) atoms. The van der Waals surface area contributed by atoms with Crippen molar-refractivity contribution in [2.24, 2.45) is 0 Å². The summed E-state index contributed by atoms with van der Waals surface area (Å²) >= 11 is 0. The molecule has 0 spiro atoms. The third-order valence-corrected chi connectivity index (χ3v) is 3.04. The summed E-state index contributed by atoms with van der Waals surface area (Å²) in [6.07, 6.45) is 2.08. The van der Waals surface area contributed by atoms with E-state index in [1.54, 1.807) is 0 Å². The summed E-state index contributed by atoms with van der Waals surface area (Å²) in [5.41, 5.74) is -0.489. The third-order valence-electron chi connectivity index (χ3n) is 3.04. The van der Waals surface area contributed by atoms with Gasteiger partial charge in [0, 0.05) is 0 Å². The van der Waals surface area contributed by atoms with Gasteiger partial charge in [0.1, 0.15) is 5.56 Å². The topological polar surface area (TPSA) is 159 Å². The van der Waals surface area contributed by atoms with Gasteiger partial charge in [-0.15, -0.1) is 0 Å². The fourth-order valence-electron chi connectivity index (χ4n) is 1.82. The minimum absolute atomic E-state index is 0.319. The van der Waals surface area contributed by atoms with Gasteiger partial charge in [-0.2, -0.15) is 0 Å². The average molecular weight is 320 g/mol. The van der Waals surface area contributed by atoms with Gasteiger partial charge in [-0.05, 0) is 23.8 Å². The van der Waals surface area contributed by atoms with Gasteiger partial charge in [-0.25, -0.2) is 0 Å². The van der Waals surface area contributed by atoms with E-state index in [2.05, 4.69) is 0 Å². The maximum atomic E-state index is 12.0. The molecule has 0 amide bonds. The van der Waals surface area contributed by atoms with Crippen LogP contribution in [-0.4, -0.2) is 41.5 Å². The Morgan fingerprint density at radius 3 is 1.78 bits per heavy atom. The van der Waals surface area contributed by atoms with E-state index in [1.807, 2.05) is 0 Å². The second-order valence-corrected chi connectivity index (χ2v) is 4.56. The number of phenols is 7. The van der Waals surface area contributed by atoms with Gasteiger partial charge in [0.2, 0.25) is 17.2 Å². The lowest BCUT2D eigenvalue weighted by molar-refractivity contribution is 0.104. The minimum Gasteiger partial charge on any atom is -0.504 e. The molecule has 0 fully saturated rings. The number of aromatic hydroxyl groups is 7. The molecule has 2 aromatic rings. The SMILES string of the molecule is O=C(/C=C/c1ccc(O)c(O)c1)c1c(O)c(O)c(O)c(O)c1O. The van der Waals surface area contributed by atoms with Crippen LogP contribution in [0.3, 0.4) is 0 Å². The second kappa shape index (κ2) is 5.68. The van der Waals surface area contributed by atoms with E-state index in [-0.39, 0.29) is 5.75 Å². The average Bonchev–Trinajstić information content (AvgIpc) is 2.52. The molecule has 0 unspecified atom stereocenters. The number of allylic oxidation sites excluding steroid dienone is 1. The molecule has 0 bridgehead atoms. The third kappa shape index (κ3) is 2.77. The van der Waals surface area contributed by atoms with E-state index >= 15 is 0 Å². The first kappa shape index (κ1) is 15.8. The Bertz CT molecular complexity index is 794. The smallest absolute Gasteiger partial charge is 0.208 e. The fraction of sp³-hybridized carbons (Fsp3) is 0. The zero-order valence-electron chi connectivity index (χ0n) is 11.4. The molecule has 0 radical (unpaired) electrons. The summed E-state index contributed by atoms with van der Waals surface area (Å²) in [5, 5.41) is 65.8. The van der Waals surface area contributed by atoms with Crippen LogP contribution in [0.2, 0.25) is 0 Å². The van der Waals surface area contributed by atoms with E-state index in [0.29, 0.717) is 5.56 Å². The standard InChI is InChI=1S/C15H12O8/c16-7-3-1-6(5-9(7)18)2-4-8(17)10-11(19)13(21)15(23)14(22)12(10)20/h1-5,16,18-23H/b4-2+. The first-order valence-electron chi connectivity index (χ1n) is 6.17. The molecule has 0 aromatic heterocycles. The molecular formula is C15H12O8. The van der Waals surface area contributed by atoms with Crippen LogP contribution >= 0.6 is 0 Å². The highest BCUT2D eigenvalue weighted by Gasteiger charge is 2.26. The zero-order chi connectivity index (χ0) is 17.3. The van der Waals surface area contributed by atoms with Crippen LogP contribution in [0.4, 0.5) is 0 Å². The largest absolute Gasteiger partial charge is 0.504 e. The van der Waals surface area contributed by atoms with Crippen LogP contribution in [0.15, 0.2) is 24.3 Å². The molecule has 7 N–H and O–H groups in total. The van der Waals surface area contributed by atoms with Crippen molar-refractivity contribution < 1.29 is 40.5 Å². The summed E-state index contributed by atoms with van der Waals surface area (Å²) in [5.74, 6) is -7.41. The van der Waals surface area contributed by atoms with Crippen molar-refractivity contribution in [2.75, 3.05) is 0 Å². The number of hydrogen-bond acceptors (Lipinski definition) is 8. The van der Waals surface area contributed by atoms with Crippen molar-refractivity contribution in [2.45, 2.75) is 0 Å². The van der Waals surface area contributed by atoms with Crippen molar-refractivity contribution in [1.29, 1.82) is 0 Å². The highest BCUT2D eigenvalue weighted by molar-refractivity contribution is 6.11. The Labute approximate surface area is 129 Å². The number of rotatable bonds is 3. The summed E-state index contributed by atoms with van der Waals surface area (Å²) in [6.45, 7) is 0. The molecule has 0 heterocycles. The molecular weight excluding hydrogens is 308 g/mol. The van der Waals surface area contributed by atoms with Crippen molar-refractivity contribution in [3.8, 4) is 40.2 Å². The van der Waals surface area contributed by atoms with E-state index in [0.717, 1.165) is 12.1 Å². The van der Waals surface area contributed by atoms with Crippen LogP contribution in [0, 0.1) is 0 Å². The van der Waals surface area contributed by atoms with Crippen LogP contribution in [-0.2, 0) is 0 Å². The van der Waals surface area contributed by atoms with Crippen molar-refractivity contribution in [1.82, 2.24) is 0 Å². The second-order valence-electron chi connectivity index (χ2n) is 4.56. The van der Waals surface area contributed by atoms with Crippen LogP contribution in [0.5, 0.6) is 40.2 Å². The van der Waals surface area contributed by atoms with Crippen LogP contribution in [0.1, 0.15) is 15.9 Å². The molecule has 0 aliphatic carbocycles. The number of carbonyl (C=O) groups excluding carboxylic acids is 1. The van der Waals surface area contributed by atoms with Gasteiger partial charge in [-0.3, -0.25) is 4.79 Å². The molecule has 0 saturated carbocycles. The molecule has 8 nitrogen and oxygen atoms in total. The maximum Gasteiger partial charge on any atom is 0.208 e. The van der Waals surface area contributed by atoms with Crippen molar-refractivity contribution in [3.63, 3.8) is 0 Å². The van der Waals surface area contributed by atoms with Gasteiger partial charge < -0.3 is 35.7 Å². The quantitative estimate of drug-likeness (QED) is 0.194. The number of phenolic OH excluding ortho intramolecular Hbond substituents is 7. The number of ketones is 1. The molecule has 2 rings (SSSR count). The number of hydrogen-bond donors (Lipinski definition) is 7. The predicted molar refractivity (Wildman–Crippen MR) is 77.9 cm³/mol. The van der Waals surface area contributed by atoms with Crippen LogP contribution < -0.4 is 0 Å². The number of benzene rings is 2. The molecule has 8 heteroatoms. The van der Waals surface area contributed by atoms with E-state index in [4.69, 9.17) is 0 Å². The Morgan fingerprint density at radius 1 is 0.739 bits per heavy atom.